The number of carbonyl (C=O) groups is 1. The highest BCUT2D eigenvalue weighted by atomic mass is 19.1. The van der Waals surface area contributed by atoms with Crippen molar-refractivity contribution in [2.45, 2.75) is 51.7 Å². The van der Waals surface area contributed by atoms with E-state index >= 15 is 0 Å². The van der Waals surface area contributed by atoms with E-state index in [9.17, 15) is 9.18 Å². The van der Waals surface area contributed by atoms with Gasteiger partial charge in [-0.3, -0.25) is 5.32 Å². The second kappa shape index (κ2) is 5.64. The van der Waals surface area contributed by atoms with Crippen LogP contribution in [0, 0.1) is 5.82 Å². The Bertz CT molecular complexity index is 532. The number of benzene rings is 1. The van der Waals surface area contributed by atoms with Gasteiger partial charge in [0.1, 0.15) is 11.4 Å². The molecule has 2 N–H and O–H groups in total. The fourth-order valence-electron chi connectivity index (χ4n) is 2.52. The summed E-state index contributed by atoms with van der Waals surface area (Å²) in [6.07, 6.45) is 1.43. The minimum atomic E-state index is -0.650. The van der Waals surface area contributed by atoms with Crippen LogP contribution in [0.15, 0.2) is 18.2 Å². The molecule has 5 heteroatoms. The van der Waals surface area contributed by atoms with E-state index in [1.165, 1.54) is 6.07 Å². The first-order valence-electron chi connectivity index (χ1n) is 7.25. The molecule has 1 aromatic rings. The van der Waals surface area contributed by atoms with E-state index in [0.717, 1.165) is 24.9 Å². The SMILES string of the molecule is CC(C)(C)OC(=O)Nc1cc(C2(C)CCCN2)ccc1F. The molecule has 1 fully saturated rings. The summed E-state index contributed by atoms with van der Waals surface area (Å²) >= 11 is 0. The van der Waals surface area contributed by atoms with E-state index in [1.807, 2.05) is 0 Å². The van der Waals surface area contributed by atoms with Crippen LogP contribution in [0.1, 0.15) is 46.1 Å². The van der Waals surface area contributed by atoms with Crippen molar-refractivity contribution in [1.82, 2.24) is 5.32 Å². The van der Waals surface area contributed by atoms with Gasteiger partial charge in [0.15, 0.2) is 0 Å². The quantitative estimate of drug-likeness (QED) is 0.873. The zero-order valence-corrected chi connectivity index (χ0v) is 13.0. The van der Waals surface area contributed by atoms with E-state index in [0.29, 0.717) is 0 Å². The van der Waals surface area contributed by atoms with Crippen molar-refractivity contribution in [2.24, 2.45) is 0 Å². The number of amides is 1. The lowest BCUT2D eigenvalue weighted by atomic mass is 9.90. The Hall–Kier alpha value is -1.62. The highest BCUT2D eigenvalue weighted by Crippen LogP contribution is 2.32. The van der Waals surface area contributed by atoms with Crippen molar-refractivity contribution < 1.29 is 13.9 Å². The Balaban J connectivity index is 2.18. The smallest absolute Gasteiger partial charge is 0.412 e. The van der Waals surface area contributed by atoms with Crippen LogP contribution < -0.4 is 10.6 Å². The first-order valence-corrected chi connectivity index (χ1v) is 7.25. The van der Waals surface area contributed by atoms with Gasteiger partial charge in [-0.25, -0.2) is 9.18 Å². The summed E-state index contributed by atoms with van der Waals surface area (Å²) < 4.78 is 19.0. The summed E-state index contributed by atoms with van der Waals surface area (Å²) in [5.74, 6) is -0.466. The summed E-state index contributed by atoms with van der Waals surface area (Å²) in [7, 11) is 0. The second-order valence-corrected chi connectivity index (χ2v) is 6.68. The molecule has 1 aliphatic rings. The highest BCUT2D eigenvalue weighted by Gasteiger charge is 2.30. The summed E-state index contributed by atoms with van der Waals surface area (Å²) in [5.41, 5.74) is 0.332. The molecule has 0 saturated carbocycles. The Labute approximate surface area is 125 Å². The lowest BCUT2D eigenvalue weighted by Crippen LogP contribution is -2.33. The molecule has 0 aromatic heterocycles. The van der Waals surface area contributed by atoms with Gasteiger partial charge in [0.2, 0.25) is 0 Å². The zero-order chi connectivity index (χ0) is 15.7. The van der Waals surface area contributed by atoms with Crippen molar-refractivity contribution in [3.05, 3.63) is 29.6 Å². The van der Waals surface area contributed by atoms with Crippen molar-refractivity contribution in [3.63, 3.8) is 0 Å². The molecule has 1 unspecified atom stereocenters. The Morgan fingerprint density at radius 1 is 1.43 bits per heavy atom. The minimum absolute atomic E-state index is 0.150. The lowest BCUT2D eigenvalue weighted by molar-refractivity contribution is 0.0635. The Kier molecular flexibility index (Phi) is 4.23. The van der Waals surface area contributed by atoms with Crippen molar-refractivity contribution >= 4 is 11.8 Å². The van der Waals surface area contributed by atoms with Crippen molar-refractivity contribution in [3.8, 4) is 0 Å². The summed E-state index contributed by atoms with van der Waals surface area (Å²) in [4.78, 5) is 11.8. The first-order chi connectivity index (χ1) is 9.70. The van der Waals surface area contributed by atoms with Crippen LogP contribution >= 0.6 is 0 Å². The van der Waals surface area contributed by atoms with Gasteiger partial charge in [0, 0.05) is 5.54 Å². The average molecular weight is 294 g/mol. The second-order valence-electron chi connectivity index (χ2n) is 6.68. The number of halogens is 1. The van der Waals surface area contributed by atoms with Gasteiger partial charge < -0.3 is 10.1 Å². The number of anilines is 1. The normalized spacial score (nSPS) is 22.1. The maximum absolute atomic E-state index is 13.9. The van der Waals surface area contributed by atoms with Gasteiger partial charge in [-0.15, -0.1) is 0 Å². The molecule has 21 heavy (non-hydrogen) atoms. The van der Waals surface area contributed by atoms with Gasteiger partial charge in [-0.2, -0.15) is 0 Å². The molecule has 116 valence electrons. The third kappa shape index (κ3) is 3.94. The van der Waals surface area contributed by atoms with Gasteiger partial charge >= 0.3 is 6.09 Å². The van der Waals surface area contributed by atoms with Crippen molar-refractivity contribution in [1.29, 1.82) is 0 Å². The molecule has 0 aliphatic carbocycles. The highest BCUT2D eigenvalue weighted by molar-refractivity contribution is 5.85. The van der Waals surface area contributed by atoms with Crippen LogP contribution in [0.4, 0.5) is 14.9 Å². The molecule has 1 atom stereocenters. The van der Waals surface area contributed by atoms with Gasteiger partial charge in [0.05, 0.1) is 5.69 Å². The number of carbonyl (C=O) groups excluding carboxylic acids is 1. The molecule has 2 rings (SSSR count). The standard InChI is InChI=1S/C16H23FN2O2/c1-15(2,3)21-14(20)19-13-10-11(6-7-12(13)17)16(4)8-5-9-18-16/h6-7,10,18H,5,8-9H2,1-4H3,(H,19,20). The summed E-state index contributed by atoms with van der Waals surface area (Å²) in [6.45, 7) is 8.34. The molecule has 0 spiro atoms. The van der Waals surface area contributed by atoms with Gasteiger partial charge in [-0.05, 0) is 64.8 Å². The lowest BCUT2D eigenvalue weighted by Gasteiger charge is -2.26. The van der Waals surface area contributed by atoms with Crippen LogP contribution in [0.2, 0.25) is 0 Å². The monoisotopic (exact) mass is 294 g/mol. The number of ether oxygens (including phenoxy) is 1. The van der Waals surface area contributed by atoms with Gasteiger partial charge in [0.25, 0.3) is 0 Å². The van der Waals surface area contributed by atoms with E-state index in [1.54, 1.807) is 32.9 Å². The number of hydrogen-bond acceptors (Lipinski definition) is 3. The summed E-state index contributed by atoms with van der Waals surface area (Å²) in [5, 5.41) is 5.91. The molecule has 1 aliphatic heterocycles. The Morgan fingerprint density at radius 3 is 2.71 bits per heavy atom. The predicted octanol–water partition coefficient (Wildman–Crippen LogP) is 3.77. The van der Waals surface area contributed by atoms with Crippen molar-refractivity contribution in [2.75, 3.05) is 11.9 Å². The molecule has 1 saturated heterocycles. The molecule has 0 bridgehead atoms. The van der Waals surface area contributed by atoms with Crippen LogP contribution in [-0.4, -0.2) is 18.2 Å². The van der Waals surface area contributed by atoms with E-state index < -0.39 is 17.5 Å². The maximum Gasteiger partial charge on any atom is 0.412 e. The minimum Gasteiger partial charge on any atom is -0.444 e. The first kappa shape index (κ1) is 15.8. The molecule has 1 amide bonds. The fourth-order valence-corrected chi connectivity index (χ4v) is 2.52. The number of rotatable bonds is 2. The fraction of sp³-hybridized carbons (Fsp3) is 0.562. The topological polar surface area (TPSA) is 50.4 Å². The molecular weight excluding hydrogens is 271 g/mol. The molecule has 0 radical (unpaired) electrons. The molecule has 4 nitrogen and oxygen atoms in total. The Morgan fingerprint density at radius 2 is 2.14 bits per heavy atom. The largest absolute Gasteiger partial charge is 0.444 e. The molecule has 1 heterocycles. The van der Waals surface area contributed by atoms with Crippen LogP contribution in [0.25, 0.3) is 0 Å². The zero-order valence-electron chi connectivity index (χ0n) is 13.0. The van der Waals surface area contributed by atoms with Crippen LogP contribution in [-0.2, 0) is 10.3 Å². The predicted molar refractivity (Wildman–Crippen MR) is 80.8 cm³/mol. The molecule has 1 aromatic carbocycles. The van der Waals surface area contributed by atoms with Crippen LogP contribution in [0.5, 0.6) is 0 Å². The van der Waals surface area contributed by atoms with E-state index in [4.69, 9.17) is 4.74 Å². The van der Waals surface area contributed by atoms with E-state index in [2.05, 4.69) is 17.6 Å². The molecular formula is C16H23FN2O2. The average Bonchev–Trinajstić information content (AvgIpc) is 2.77. The van der Waals surface area contributed by atoms with Crippen LogP contribution in [0.3, 0.4) is 0 Å². The number of hydrogen-bond donors (Lipinski definition) is 2. The third-order valence-electron chi connectivity index (χ3n) is 3.61. The number of nitrogens with one attached hydrogen (secondary N) is 2. The maximum atomic E-state index is 13.9. The summed E-state index contributed by atoms with van der Waals surface area (Å²) in [6, 6.07) is 4.82. The van der Waals surface area contributed by atoms with Gasteiger partial charge in [-0.1, -0.05) is 6.07 Å². The third-order valence-corrected chi connectivity index (χ3v) is 3.61. The van der Waals surface area contributed by atoms with E-state index in [-0.39, 0.29) is 11.2 Å².